The highest BCUT2D eigenvalue weighted by Crippen LogP contribution is 2.29. The molecule has 0 saturated heterocycles. The molecule has 0 spiro atoms. The summed E-state index contributed by atoms with van der Waals surface area (Å²) in [4.78, 5) is 23.8. The van der Waals surface area contributed by atoms with Gasteiger partial charge in [-0.1, -0.05) is 41.0 Å². The van der Waals surface area contributed by atoms with Crippen LogP contribution in [0.25, 0.3) is 0 Å². The second-order valence-corrected chi connectivity index (χ2v) is 6.48. The van der Waals surface area contributed by atoms with Crippen molar-refractivity contribution in [2.24, 2.45) is 0 Å². The minimum atomic E-state index is -0.313. The first kappa shape index (κ1) is 18.9. The van der Waals surface area contributed by atoms with E-state index >= 15 is 0 Å². The third kappa shape index (κ3) is 5.01. The predicted octanol–water partition coefficient (Wildman–Crippen LogP) is 2.65. The molecule has 1 amide bonds. The van der Waals surface area contributed by atoms with Gasteiger partial charge in [0.05, 0.1) is 21.5 Å². The van der Waals surface area contributed by atoms with E-state index < -0.39 is 0 Å². The minimum Gasteiger partial charge on any atom is -0.385 e. The van der Waals surface area contributed by atoms with Crippen molar-refractivity contribution in [3.05, 3.63) is 38.7 Å². The molecule has 2 aromatic rings. The van der Waals surface area contributed by atoms with Gasteiger partial charge in [0, 0.05) is 20.3 Å². The molecule has 24 heavy (non-hydrogen) atoms. The fourth-order valence-electron chi connectivity index (χ4n) is 1.89. The van der Waals surface area contributed by atoms with Gasteiger partial charge in [0.2, 0.25) is 5.91 Å². The molecule has 0 saturated carbocycles. The Morgan fingerprint density at radius 3 is 3.00 bits per heavy atom. The number of carbonyl (C=O) groups is 1. The number of hydrogen-bond acceptors (Lipinski definition) is 5. The molecule has 0 unspecified atom stereocenters. The van der Waals surface area contributed by atoms with Crippen LogP contribution in [0.3, 0.4) is 0 Å². The highest BCUT2D eigenvalue weighted by Gasteiger charge is 2.13. The number of carbonyl (C=O) groups excluding carboxylic acids is 1. The number of benzene rings is 1. The van der Waals surface area contributed by atoms with E-state index in [2.05, 4.69) is 15.5 Å². The number of rotatable bonds is 8. The molecule has 0 aliphatic rings. The SMILES string of the molecule is COCCCn1c(SCC(=O)Nc2cccc(Cl)c2Cl)n[nH]c1=O. The number of aromatic amines is 1. The number of amides is 1. The van der Waals surface area contributed by atoms with E-state index in [1.165, 1.54) is 4.57 Å². The molecule has 0 aliphatic carbocycles. The van der Waals surface area contributed by atoms with Crippen LogP contribution in [0.1, 0.15) is 6.42 Å². The van der Waals surface area contributed by atoms with Gasteiger partial charge in [-0.25, -0.2) is 9.89 Å². The van der Waals surface area contributed by atoms with Gasteiger partial charge in [0.1, 0.15) is 0 Å². The molecule has 0 radical (unpaired) electrons. The minimum absolute atomic E-state index is 0.0808. The van der Waals surface area contributed by atoms with Gasteiger partial charge >= 0.3 is 5.69 Å². The van der Waals surface area contributed by atoms with Crippen LogP contribution in [0.15, 0.2) is 28.2 Å². The van der Waals surface area contributed by atoms with Gasteiger partial charge in [0.15, 0.2) is 5.16 Å². The predicted molar refractivity (Wildman–Crippen MR) is 95.2 cm³/mol. The molecule has 0 fully saturated rings. The standard InChI is InChI=1S/C14H16Cl2N4O3S/c1-23-7-3-6-20-13(22)18-19-14(20)24-8-11(21)17-10-5-2-4-9(15)12(10)16/h2,4-5H,3,6-8H2,1H3,(H,17,21)(H,18,22). The summed E-state index contributed by atoms with van der Waals surface area (Å²) < 4.78 is 6.44. The Bertz CT molecular complexity index is 763. The van der Waals surface area contributed by atoms with Crippen molar-refractivity contribution in [1.82, 2.24) is 14.8 Å². The largest absolute Gasteiger partial charge is 0.385 e. The molecule has 0 bridgehead atoms. The van der Waals surface area contributed by atoms with Gasteiger partial charge in [0.25, 0.3) is 0 Å². The number of nitrogens with one attached hydrogen (secondary N) is 2. The molecule has 10 heteroatoms. The van der Waals surface area contributed by atoms with Crippen LogP contribution in [0.5, 0.6) is 0 Å². The normalized spacial score (nSPS) is 10.8. The Balaban J connectivity index is 1.94. The van der Waals surface area contributed by atoms with Crippen molar-refractivity contribution < 1.29 is 9.53 Å². The molecule has 1 aromatic carbocycles. The second-order valence-electron chi connectivity index (χ2n) is 4.75. The summed E-state index contributed by atoms with van der Waals surface area (Å²) in [6.45, 7) is 1.00. The number of anilines is 1. The van der Waals surface area contributed by atoms with Crippen molar-refractivity contribution in [1.29, 1.82) is 0 Å². The van der Waals surface area contributed by atoms with Gasteiger partial charge < -0.3 is 10.1 Å². The van der Waals surface area contributed by atoms with Crippen LogP contribution < -0.4 is 11.0 Å². The van der Waals surface area contributed by atoms with Gasteiger partial charge in [-0.15, -0.1) is 5.10 Å². The lowest BCUT2D eigenvalue weighted by molar-refractivity contribution is -0.113. The summed E-state index contributed by atoms with van der Waals surface area (Å²) in [6.07, 6.45) is 0.674. The van der Waals surface area contributed by atoms with Crippen LogP contribution in [0, 0.1) is 0 Å². The molecule has 0 aliphatic heterocycles. The number of methoxy groups -OCH3 is 1. The number of ether oxygens (including phenoxy) is 1. The summed E-state index contributed by atoms with van der Waals surface area (Å²) in [5.41, 5.74) is 0.126. The van der Waals surface area contributed by atoms with E-state index in [0.717, 1.165) is 11.8 Å². The highest BCUT2D eigenvalue weighted by atomic mass is 35.5. The summed E-state index contributed by atoms with van der Waals surface area (Å²) in [7, 11) is 1.60. The lowest BCUT2D eigenvalue weighted by Crippen LogP contribution is -2.19. The second kappa shape index (κ2) is 9.12. The van der Waals surface area contributed by atoms with Gasteiger partial charge in [-0.05, 0) is 18.6 Å². The number of nitrogens with zero attached hydrogens (tertiary/aromatic N) is 2. The topological polar surface area (TPSA) is 89.0 Å². The lowest BCUT2D eigenvalue weighted by atomic mass is 10.3. The zero-order chi connectivity index (χ0) is 17.5. The van der Waals surface area contributed by atoms with E-state index in [0.29, 0.717) is 35.4 Å². The maximum absolute atomic E-state index is 12.0. The zero-order valence-electron chi connectivity index (χ0n) is 12.8. The smallest absolute Gasteiger partial charge is 0.343 e. The molecular formula is C14H16Cl2N4O3S. The third-order valence-electron chi connectivity index (χ3n) is 3.01. The Hall–Kier alpha value is -1.48. The Kier molecular flexibility index (Phi) is 7.16. The molecule has 7 nitrogen and oxygen atoms in total. The van der Waals surface area contributed by atoms with Gasteiger partial charge in [-0.2, -0.15) is 0 Å². The average molecular weight is 391 g/mol. The summed E-state index contributed by atoms with van der Waals surface area (Å²) in [6, 6.07) is 4.99. The van der Waals surface area contributed by atoms with Crippen LogP contribution in [-0.4, -0.2) is 40.1 Å². The van der Waals surface area contributed by atoms with Crippen LogP contribution in [-0.2, 0) is 16.1 Å². The molecule has 130 valence electrons. The Morgan fingerprint density at radius 2 is 2.25 bits per heavy atom. The summed E-state index contributed by atoms with van der Waals surface area (Å²) >= 11 is 13.1. The third-order valence-corrected chi connectivity index (χ3v) is 4.81. The number of thioether (sulfide) groups is 1. The van der Waals surface area contributed by atoms with Crippen molar-refractivity contribution in [2.45, 2.75) is 18.1 Å². The number of halogens is 2. The monoisotopic (exact) mass is 390 g/mol. The Labute approximate surface area is 152 Å². The maximum atomic E-state index is 12.0. The first-order chi connectivity index (χ1) is 11.5. The summed E-state index contributed by atoms with van der Waals surface area (Å²) in [5, 5.41) is 10.1. The molecule has 1 aromatic heterocycles. The zero-order valence-corrected chi connectivity index (χ0v) is 15.2. The fourth-order valence-corrected chi connectivity index (χ4v) is 3.01. The van der Waals surface area contributed by atoms with Crippen molar-refractivity contribution in [3.8, 4) is 0 Å². The van der Waals surface area contributed by atoms with Crippen LogP contribution in [0.4, 0.5) is 5.69 Å². The number of H-pyrrole nitrogens is 1. The van der Waals surface area contributed by atoms with E-state index in [1.807, 2.05) is 0 Å². The lowest BCUT2D eigenvalue weighted by Gasteiger charge is -2.08. The number of hydrogen-bond donors (Lipinski definition) is 2. The van der Waals surface area contributed by atoms with E-state index in [9.17, 15) is 9.59 Å². The molecule has 1 heterocycles. The molecular weight excluding hydrogens is 375 g/mol. The summed E-state index contributed by atoms with van der Waals surface area (Å²) in [5.74, 6) is -0.194. The highest BCUT2D eigenvalue weighted by molar-refractivity contribution is 7.99. The van der Waals surface area contributed by atoms with Crippen molar-refractivity contribution in [3.63, 3.8) is 0 Å². The maximum Gasteiger partial charge on any atom is 0.343 e. The van der Waals surface area contributed by atoms with Crippen molar-refractivity contribution in [2.75, 3.05) is 24.8 Å². The van der Waals surface area contributed by atoms with E-state index in [1.54, 1.807) is 25.3 Å². The first-order valence-electron chi connectivity index (χ1n) is 7.03. The van der Waals surface area contributed by atoms with E-state index in [-0.39, 0.29) is 22.4 Å². The van der Waals surface area contributed by atoms with Crippen LogP contribution in [0.2, 0.25) is 10.0 Å². The van der Waals surface area contributed by atoms with E-state index in [4.69, 9.17) is 27.9 Å². The number of aromatic nitrogens is 3. The molecule has 2 rings (SSSR count). The quantitative estimate of drug-likeness (QED) is 0.534. The van der Waals surface area contributed by atoms with Crippen LogP contribution >= 0.6 is 35.0 Å². The Morgan fingerprint density at radius 1 is 1.46 bits per heavy atom. The van der Waals surface area contributed by atoms with Gasteiger partial charge in [-0.3, -0.25) is 9.36 Å². The average Bonchev–Trinajstić information content (AvgIpc) is 2.91. The first-order valence-corrected chi connectivity index (χ1v) is 8.78. The molecule has 2 N–H and O–H groups in total. The fraction of sp³-hybridized carbons (Fsp3) is 0.357. The molecule has 0 atom stereocenters. The van der Waals surface area contributed by atoms with Crippen molar-refractivity contribution >= 4 is 46.6 Å².